The molecule has 1 heterocycles. The zero-order valence-electron chi connectivity index (χ0n) is 6.80. The lowest BCUT2D eigenvalue weighted by Gasteiger charge is -1.91. The minimum absolute atomic E-state index is 0.297. The molecule has 0 aliphatic heterocycles. The third kappa shape index (κ3) is 1.97. The van der Waals surface area contributed by atoms with Crippen molar-refractivity contribution in [2.75, 3.05) is 5.75 Å². The van der Waals surface area contributed by atoms with Crippen LogP contribution < -0.4 is 0 Å². The van der Waals surface area contributed by atoms with Crippen LogP contribution in [0.2, 0.25) is 5.02 Å². The largest absolute Gasteiger partial charge is 0.192 e. The van der Waals surface area contributed by atoms with Crippen molar-refractivity contribution in [1.29, 1.82) is 10.5 Å². The van der Waals surface area contributed by atoms with Crippen LogP contribution in [0.4, 0.5) is 0 Å². The summed E-state index contributed by atoms with van der Waals surface area (Å²) < 4.78 is 0.839. The third-order valence-corrected chi connectivity index (χ3v) is 4.04. The Morgan fingerprint density at radius 2 is 2.15 bits per heavy atom. The first-order valence-electron chi connectivity index (χ1n) is 3.49. The highest BCUT2D eigenvalue weighted by molar-refractivity contribution is 8.01. The van der Waals surface area contributed by atoms with Gasteiger partial charge >= 0.3 is 0 Å². The van der Waals surface area contributed by atoms with Crippen molar-refractivity contribution in [3.63, 3.8) is 0 Å². The first-order chi connectivity index (χ1) is 6.24. The van der Waals surface area contributed by atoms with E-state index in [9.17, 15) is 0 Å². The first kappa shape index (κ1) is 10.4. The van der Waals surface area contributed by atoms with Gasteiger partial charge in [0, 0.05) is 0 Å². The predicted octanol–water partition coefficient (Wildman–Crippen LogP) is 3.26. The van der Waals surface area contributed by atoms with Crippen LogP contribution in [0.3, 0.4) is 0 Å². The van der Waals surface area contributed by atoms with Crippen molar-refractivity contribution in [2.45, 2.75) is 11.1 Å². The van der Waals surface area contributed by atoms with E-state index in [1.807, 2.05) is 19.1 Å². The van der Waals surface area contributed by atoms with Gasteiger partial charge in [-0.2, -0.15) is 10.5 Å². The molecule has 0 saturated carbocycles. The van der Waals surface area contributed by atoms with Crippen LogP contribution in [0.5, 0.6) is 0 Å². The SMILES string of the molecule is CCSc1sc(C#N)c(Cl)c1C#N. The summed E-state index contributed by atoms with van der Waals surface area (Å²) in [5.41, 5.74) is 0.440. The van der Waals surface area contributed by atoms with E-state index >= 15 is 0 Å². The number of thiophene rings is 1. The van der Waals surface area contributed by atoms with Crippen molar-refractivity contribution >= 4 is 34.7 Å². The number of thioether (sulfide) groups is 1. The van der Waals surface area contributed by atoms with Crippen LogP contribution in [0, 0.1) is 22.7 Å². The van der Waals surface area contributed by atoms with Gasteiger partial charge in [-0.15, -0.1) is 23.1 Å². The molecule has 0 spiro atoms. The zero-order valence-corrected chi connectivity index (χ0v) is 9.18. The second-order valence-corrected chi connectivity index (χ2v) is 5.00. The van der Waals surface area contributed by atoms with Crippen LogP contribution >= 0.6 is 34.7 Å². The molecular weight excluding hydrogens is 224 g/mol. The standard InChI is InChI=1S/C8H5ClN2S2/c1-2-12-8-5(3-10)7(9)6(4-11)13-8/h2H2,1H3. The van der Waals surface area contributed by atoms with Crippen LogP contribution in [0.1, 0.15) is 17.4 Å². The van der Waals surface area contributed by atoms with Gasteiger partial charge in [-0.1, -0.05) is 18.5 Å². The molecule has 0 fully saturated rings. The summed E-state index contributed by atoms with van der Waals surface area (Å²) in [6, 6.07) is 3.98. The topological polar surface area (TPSA) is 47.6 Å². The van der Waals surface area contributed by atoms with Crippen molar-refractivity contribution < 1.29 is 0 Å². The molecular formula is C8H5ClN2S2. The highest BCUT2D eigenvalue weighted by Crippen LogP contribution is 2.38. The van der Waals surface area contributed by atoms with Crippen molar-refractivity contribution in [3.8, 4) is 12.1 Å². The molecule has 66 valence electrons. The maximum Gasteiger partial charge on any atom is 0.125 e. The van der Waals surface area contributed by atoms with Crippen molar-refractivity contribution in [1.82, 2.24) is 0 Å². The fourth-order valence-electron chi connectivity index (χ4n) is 0.791. The summed E-state index contributed by atoms with van der Waals surface area (Å²) in [7, 11) is 0. The van der Waals surface area contributed by atoms with Crippen LogP contribution in [-0.2, 0) is 0 Å². The molecule has 0 N–H and O–H groups in total. The number of hydrogen-bond donors (Lipinski definition) is 0. The highest BCUT2D eigenvalue weighted by Gasteiger charge is 2.15. The summed E-state index contributed by atoms with van der Waals surface area (Å²) in [6.07, 6.45) is 0. The Morgan fingerprint density at radius 1 is 1.46 bits per heavy atom. The Labute approximate surface area is 89.7 Å². The van der Waals surface area contributed by atoms with Gasteiger partial charge in [0.2, 0.25) is 0 Å². The van der Waals surface area contributed by atoms with Gasteiger partial charge in [-0.3, -0.25) is 0 Å². The monoisotopic (exact) mass is 228 g/mol. The van der Waals surface area contributed by atoms with Gasteiger partial charge in [0.1, 0.15) is 17.0 Å². The van der Waals surface area contributed by atoms with Gasteiger partial charge in [0.25, 0.3) is 0 Å². The van der Waals surface area contributed by atoms with Gasteiger partial charge in [0.15, 0.2) is 0 Å². The fraction of sp³-hybridized carbons (Fsp3) is 0.250. The lowest BCUT2D eigenvalue weighted by Crippen LogP contribution is -1.73. The first-order valence-corrected chi connectivity index (χ1v) is 5.67. The average molecular weight is 229 g/mol. The number of halogens is 1. The van der Waals surface area contributed by atoms with Crippen molar-refractivity contribution in [3.05, 3.63) is 15.5 Å². The van der Waals surface area contributed by atoms with E-state index < -0.39 is 0 Å². The number of nitriles is 2. The quantitative estimate of drug-likeness (QED) is 0.730. The molecule has 1 aromatic rings. The van der Waals surface area contributed by atoms with Gasteiger partial charge in [-0.25, -0.2) is 0 Å². The number of hydrogen-bond acceptors (Lipinski definition) is 4. The molecule has 0 saturated heterocycles. The molecule has 5 heteroatoms. The molecule has 0 amide bonds. The maximum atomic E-state index is 8.78. The van der Waals surface area contributed by atoms with E-state index in [1.165, 1.54) is 23.1 Å². The minimum atomic E-state index is 0.297. The lowest BCUT2D eigenvalue weighted by molar-refractivity contribution is 1.45. The normalized spacial score (nSPS) is 9.23. The van der Waals surface area contributed by atoms with Crippen LogP contribution in [0.15, 0.2) is 4.21 Å². The zero-order chi connectivity index (χ0) is 9.84. The van der Waals surface area contributed by atoms with E-state index in [2.05, 4.69) is 0 Å². The molecule has 0 aromatic carbocycles. The Hall–Kier alpha value is -0.680. The second kappa shape index (κ2) is 4.53. The molecule has 0 radical (unpaired) electrons. The Balaban J connectivity index is 3.23. The van der Waals surface area contributed by atoms with Crippen LogP contribution in [-0.4, -0.2) is 5.75 Å². The molecule has 1 rings (SSSR count). The average Bonchev–Trinajstić information content (AvgIpc) is 2.43. The smallest absolute Gasteiger partial charge is 0.125 e. The molecule has 0 aliphatic carbocycles. The van der Waals surface area contributed by atoms with E-state index in [1.54, 1.807) is 0 Å². The minimum Gasteiger partial charge on any atom is -0.192 e. The second-order valence-electron chi connectivity index (χ2n) is 2.06. The molecule has 2 nitrogen and oxygen atoms in total. The Morgan fingerprint density at radius 3 is 2.62 bits per heavy atom. The van der Waals surface area contributed by atoms with Crippen LogP contribution in [0.25, 0.3) is 0 Å². The molecule has 0 aliphatic rings. The maximum absolute atomic E-state index is 8.78. The van der Waals surface area contributed by atoms with Crippen molar-refractivity contribution in [2.24, 2.45) is 0 Å². The molecule has 13 heavy (non-hydrogen) atoms. The molecule has 0 bridgehead atoms. The van der Waals surface area contributed by atoms with Gasteiger partial charge < -0.3 is 0 Å². The number of nitrogens with zero attached hydrogens (tertiary/aromatic N) is 2. The third-order valence-electron chi connectivity index (χ3n) is 1.31. The summed E-state index contributed by atoms with van der Waals surface area (Å²) in [6.45, 7) is 1.99. The summed E-state index contributed by atoms with van der Waals surface area (Å²) in [5, 5.41) is 17.8. The summed E-state index contributed by atoms with van der Waals surface area (Å²) in [5.74, 6) is 0.871. The van der Waals surface area contributed by atoms with Gasteiger partial charge in [0.05, 0.1) is 14.8 Å². The van der Waals surface area contributed by atoms with E-state index in [-0.39, 0.29) is 0 Å². The molecule has 0 unspecified atom stereocenters. The van der Waals surface area contributed by atoms with Gasteiger partial charge in [-0.05, 0) is 5.75 Å². The lowest BCUT2D eigenvalue weighted by atomic mass is 10.3. The summed E-state index contributed by atoms with van der Waals surface area (Å²) in [4.78, 5) is 0.425. The van der Waals surface area contributed by atoms with E-state index in [0.717, 1.165) is 9.96 Å². The van der Waals surface area contributed by atoms with E-state index in [0.29, 0.717) is 15.5 Å². The molecule has 0 atom stereocenters. The Kier molecular flexibility index (Phi) is 3.62. The number of rotatable bonds is 2. The van der Waals surface area contributed by atoms with E-state index in [4.69, 9.17) is 22.1 Å². The predicted molar refractivity (Wildman–Crippen MR) is 55.2 cm³/mol. The Bertz CT molecular complexity index is 398. The molecule has 1 aromatic heterocycles. The highest BCUT2D eigenvalue weighted by atomic mass is 35.5. The summed E-state index contributed by atoms with van der Waals surface area (Å²) >= 11 is 8.64. The fourth-order valence-corrected chi connectivity index (χ4v) is 3.26.